The van der Waals surface area contributed by atoms with Gasteiger partial charge in [0.2, 0.25) is 5.09 Å². The van der Waals surface area contributed by atoms with Crippen molar-refractivity contribution >= 4 is 39.1 Å². The molecule has 0 spiro atoms. The monoisotopic (exact) mass is 463 g/mol. The van der Waals surface area contributed by atoms with E-state index in [4.69, 9.17) is 21.2 Å². The molecule has 5 rings (SSSR count). The lowest BCUT2D eigenvalue weighted by Crippen LogP contribution is -2.34. The second kappa shape index (κ2) is 7.56. The zero-order valence-corrected chi connectivity index (χ0v) is 18.3. The molecule has 0 saturated heterocycles. The van der Waals surface area contributed by atoms with Crippen LogP contribution in [0, 0.1) is 0 Å². The number of carbonyl (C=O) groups is 1. The number of nitrogens with zero attached hydrogens (tertiary/aromatic N) is 1. The van der Waals surface area contributed by atoms with Crippen LogP contribution in [0.2, 0.25) is 5.02 Å². The number of aryl methyl sites for hydroxylation is 1. The number of amides is 2. The fraction of sp³-hybridized carbons (Fsp3) is 0.429. The minimum absolute atomic E-state index is 0.373. The second-order valence-electron chi connectivity index (χ2n) is 8.17. The maximum atomic E-state index is 12.8. The number of carbonyl (C=O) groups excluding carboxylic acids is 1. The van der Waals surface area contributed by atoms with Crippen molar-refractivity contribution in [2.75, 3.05) is 5.32 Å². The number of hydrogen-bond donors (Lipinski definition) is 3. The van der Waals surface area contributed by atoms with E-state index in [-0.39, 0.29) is 5.09 Å². The van der Waals surface area contributed by atoms with Gasteiger partial charge in [0.25, 0.3) is 10.0 Å². The van der Waals surface area contributed by atoms with Crippen LogP contribution in [0.5, 0.6) is 0 Å². The maximum absolute atomic E-state index is 12.8. The Bertz CT molecular complexity index is 1200. The number of anilines is 1. The van der Waals surface area contributed by atoms with Crippen LogP contribution in [-0.4, -0.2) is 25.4 Å². The Morgan fingerprint density at radius 3 is 2.26 bits per heavy atom. The molecule has 2 amide bonds. The van der Waals surface area contributed by atoms with Gasteiger partial charge in [-0.15, -0.1) is 0 Å². The zero-order valence-electron chi connectivity index (χ0n) is 16.8. The minimum Gasteiger partial charge on any atom is -0.447 e. The molecule has 0 unspecified atom stereocenters. The predicted octanol–water partition coefficient (Wildman–Crippen LogP) is 3.94. The summed E-state index contributed by atoms with van der Waals surface area (Å²) in [7, 11) is -4.23. The van der Waals surface area contributed by atoms with Crippen molar-refractivity contribution < 1.29 is 22.8 Å². The van der Waals surface area contributed by atoms with E-state index in [1.54, 1.807) is 0 Å². The van der Waals surface area contributed by atoms with Crippen LogP contribution in [-0.2, 0) is 42.1 Å². The lowest BCUT2D eigenvalue weighted by atomic mass is 9.97. The molecule has 164 valence electrons. The highest BCUT2D eigenvalue weighted by atomic mass is 35.5. The first-order valence-corrected chi connectivity index (χ1v) is 12.3. The van der Waals surface area contributed by atoms with Crippen LogP contribution in [0.4, 0.5) is 10.5 Å². The molecule has 1 aromatic carbocycles. The van der Waals surface area contributed by atoms with Crippen molar-refractivity contribution in [3.63, 3.8) is 0 Å². The van der Waals surface area contributed by atoms with Crippen molar-refractivity contribution in [1.82, 2.24) is 4.72 Å². The molecule has 3 aliphatic rings. The Morgan fingerprint density at radius 1 is 1.00 bits per heavy atom. The highest BCUT2D eigenvalue weighted by Gasteiger charge is 2.31. The summed E-state index contributed by atoms with van der Waals surface area (Å²) < 4.78 is 33.1. The molecule has 2 aromatic rings. The number of rotatable bonds is 3. The number of furan rings is 1. The maximum Gasteiger partial charge on any atom is 0.333 e. The van der Waals surface area contributed by atoms with Gasteiger partial charge in [-0.25, -0.2) is 9.52 Å². The van der Waals surface area contributed by atoms with Crippen LogP contribution in [0.25, 0.3) is 0 Å². The molecule has 0 bridgehead atoms. The largest absolute Gasteiger partial charge is 0.447 e. The van der Waals surface area contributed by atoms with E-state index in [9.17, 15) is 13.2 Å². The average molecular weight is 464 g/mol. The first-order chi connectivity index (χ1) is 14.9. The molecule has 3 N–H and O–H groups in total. The van der Waals surface area contributed by atoms with E-state index < -0.39 is 16.1 Å². The summed E-state index contributed by atoms with van der Waals surface area (Å²) in [6, 6.07) is 0.465. The summed E-state index contributed by atoms with van der Waals surface area (Å²) >= 11 is 6.60. The Kier molecular flexibility index (Phi) is 4.97. The summed E-state index contributed by atoms with van der Waals surface area (Å²) in [5.41, 5.74) is 5.69. The Balaban J connectivity index is 1.42. The average Bonchev–Trinajstić information content (AvgIpc) is 3.49. The summed E-state index contributed by atoms with van der Waals surface area (Å²) in [4.78, 5) is 12.7. The first-order valence-electron chi connectivity index (χ1n) is 10.4. The molecule has 1 aromatic heterocycles. The quantitative estimate of drug-likeness (QED) is 0.470. The van der Waals surface area contributed by atoms with Gasteiger partial charge >= 0.3 is 6.03 Å². The number of oxime groups is 1. The van der Waals surface area contributed by atoms with Gasteiger partial charge in [-0.2, -0.15) is 8.42 Å². The minimum atomic E-state index is -4.23. The predicted molar refractivity (Wildman–Crippen MR) is 115 cm³/mol. The van der Waals surface area contributed by atoms with Gasteiger partial charge < -0.3 is 14.9 Å². The van der Waals surface area contributed by atoms with E-state index in [1.807, 2.05) is 0 Å². The van der Waals surface area contributed by atoms with Crippen LogP contribution >= 0.6 is 11.6 Å². The molecular formula is C21H22ClN3O5S. The Labute approximate surface area is 184 Å². The third-order valence-electron chi connectivity index (χ3n) is 6.33. The fourth-order valence-electron chi connectivity index (χ4n) is 4.97. The van der Waals surface area contributed by atoms with Crippen molar-refractivity contribution in [2.45, 2.75) is 62.9 Å². The molecule has 31 heavy (non-hydrogen) atoms. The third kappa shape index (κ3) is 3.40. The van der Waals surface area contributed by atoms with E-state index in [1.165, 1.54) is 6.07 Å². The molecular weight excluding hydrogens is 442 g/mol. The normalized spacial score (nSPS) is 18.5. The van der Waals surface area contributed by atoms with Crippen LogP contribution in [0.3, 0.4) is 0 Å². The topological polar surface area (TPSA) is 121 Å². The number of benzene rings is 1. The number of halogens is 1. The SMILES string of the molecule is O=C(Nc1c2c(c(Cl)c3c1CCC3)CCC2)NS(=O)(=O)c1cc2c(o1)CCC/C2=N\O. The highest BCUT2D eigenvalue weighted by Crippen LogP contribution is 2.44. The summed E-state index contributed by atoms with van der Waals surface area (Å²) in [6.45, 7) is 0. The Hall–Kier alpha value is -2.52. The highest BCUT2D eigenvalue weighted by molar-refractivity contribution is 7.89. The van der Waals surface area contributed by atoms with E-state index in [2.05, 4.69) is 15.2 Å². The summed E-state index contributed by atoms with van der Waals surface area (Å²) in [5, 5.41) is 15.6. The lowest BCUT2D eigenvalue weighted by Gasteiger charge is -2.18. The first kappa shape index (κ1) is 20.4. The molecule has 8 nitrogen and oxygen atoms in total. The van der Waals surface area contributed by atoms with Gasteiger partial charge in [-0.05, 0) is 73.6 Å². The van der Waals surface area contributed by atoms with Crippen LogP contribution < -0.4 is 10.0 Å². The molecule has 0 atom stereocenters. The molecule has 3 aliphatic carbocycles. The van der Waals surface area contributed by atoms with E-state index in [0.29, 0.717) is 42.0 Å². The van der Waals surface area contributed by atoms with Crippen molar-refractivity contribution in [3.05, 3.63) is 44.7 Å². The van der Waals surface area contributed by atoms with Crippen LogP contribution in [0.1, 0.15) is 59.3 Å². The van der Waals surface area contributed by atoms with Crippen molar-refractivity contribution in [3.8, 4) is 0 Å². The number of sulfonamides is 1. The smallest absolute Gasteiger partial charge is 0.333 e. The standard InChI is InChI=1S/C21H22ClN3O5S/c22-19-11-4-1-6-13(11)20(14-7-2-5-12(14)19)23-21(26)25-31(28,29)18-10-15-16(24-27)8-3-9-17(15)30-18/h10,27H,1-9H2,(H2,23,25,26)/b24-16+. The Morgan fingerprint density at radius 2 is 1.61 bits per heavy atom. The molecule has 10 heteroatoms. The lowest BCUT2D eigenvalue weighted by molar-refractivity contribution is 0.256. The van der Waals surface area contributed by atoms with Crippen molar-refractivity contribution in [2.24, 2.45) is 5.16 Å². The summed E-state index contributed by atoms with van der Waals surface area (Å²) in [5.74, 6) is 0.438. The van der Waals surface area contributed by atoms with Gasteiger partial charge in [-0.3, -0.25) is 0 Å². The third-order valence-corrected chi connectivity index (χ3v) is 7.98. The van der Waals surface area contributed by atoms with Gasteiger partial charge in [0.15, 0.2) is 0 Å². The van der Waals surface area contributed by atoms with Gasteiger partial charge in [-0.1, -0.05) is 16.8 Å². The summed E-state index contributed by atoms with van der Waals surface area (Å²) in [6.07, 6.45) is 7.02. The number of hydrogen-bond acceptors (Lipinski definition) is 6. The molecule has 0 fully saturated rings. The molecule has 0 saturated carbocycles. The van der Waals surface area contributed by atoms with Crippen LogP contribution in [0.15, 0.2) is 20.7 Å². The molecule has 0 aliphatic heterocycles. The number of urea groups is 1. The van der Waals surface area contributed by atoms with E-state index >= 15 is 0 Å². The van der Waals surface area contributed by atoms with Gasteiger partial charge in [0.1, 0.15) is 5.76 Å². The second-order valence-corrected chi connectivity index (χ2v) is 10.2. The fourth-order valence-corrected chi connectivity index (χ4v) is 6.27. The van der Waals surface area contributed by atoms with Gasteiger partial charge in [0.05, 0.1) is 5.71 Å². The number of nitrogens with one attached hydrogen (secondary N) is 2. The molecule has 1 heterocycles. The number of fused-ring (bicyclic) bond motifs is 3. The molecule has 0 radical (unpaired) electrons. The van der Waals surface area contributed by atoms with Gasteiger partial charge in [0, 0.05) is 28.8 Å². The van der Waals surface area contributed by atoms with E-state index in [0.717, 1.165) is 65.8 Å². The van der Waals surface area contributed by atoms with Crippen molar-refractivity contribution in [1.29, 1.82) is 0 Å². The zero-order chi connectivity index (χ0) is 21.8.